The number of carbonyl (C=O) groups excluding carboxylic acids is 1. The van der Waals surface area contributed by atoms with Crippen molar-refractivity contribution in [1.29, 1.82) is 0 Å². The van der Waals surface area contributed by atoms with Crippen LogP contribution in [0.3, 0.4) is 0 Å². The molecule has 1 aliphatic heterocycles. The molecular formula is C33H36F3N3O3. The number of fused-ring (bicyclic) bond motifs is 3. The van der Waals surface area contributed by atoms with Crippen LogP contribution in [0.25, 0.3) is 22.0 Å². The molecule has 0 saturated heterocycles. The number of carbonyl (C=O) groups is 1. The first-order chi connectivity index (χ1) is 20.4. The standard InChI is InChI=1S/C33H36F3N3O3/c1-22-31-27-13-7-12-26-25(14-8-18-42-30-15-6-10-23-9-2-3-11-24(23)30)28(19-40)38(32(26)27)16-4-5-17-41-20-29(31)39(37-22)21-33(34,35)36/h6-7,10,12-13,15,19H,2-5,8-9,11,14,16-18,20-21H2,1H3. The van der Waals surface area contributed by atoms with Gasteiger partial charge in [-0.2, -0.15) is 18.3 Å². The molecule has 0 fully saturated rings. The summed E-state index contributed by atoms with van der Waals surface area (Å²) in [6, 6.07) is 12.1. The Morgan fingerprint density at radius 3 is 2.74 bits per heavy atom. The van der Waals surface area contributed by atoms with Crippen LogP contribution in [-0.2, 0) is 43.7 Å². The van der Waals surface area contributed by atoms with E-state index < -0.39 is 12.7 Å². The minimum Gasteiger partial charge on any atom is -0.493 e. The van der Waals surface area contributed by atoms with Gasteiger partial charge in [-0.05, 0) is 81.0 Å². The number of hydrogen-bond acceptors (Lipinski definition) is 4. The fraction of sp³-hybridized carbons (Fsp3) is 0.455. The highest BCUT2D eigenvalue weighted by molar-refractivity contribution is 6.02. The number of ether oxygens (including phenoxy) is 2. The van der Waals surface area contributed by atoms with Crippen LogP contribution in [0.2, 0.25) is 0 Å². The quantitative estimate of drug-likeness (QED) is 0.169. The first kappa shape index (κ1) is 28.5. The van der Waals surface area contributed by atoms with Crippen LogP contribution in [0.1, 0.15) is 70.7 Å². The first-order valence-electron chi connectivity index (χ1n) is 14.9. The molecule has 4 aromatic rings. The van der Waals surface area contributed by atoms with E-state index in [-0.39, 0.29) is 6.61 Å². The van der Waals surface area contributed by atoms with Crippen molar-refractivity contribution in [3.8, 4) is 16.9 Å². The summed E-state index contributed by atoms with van der Waals surface area (Å²) in [5, 5.41) is 5.24. The molecule has 42 heavy (non-hydrogen) atoms. The molecule has 6 nitrogen and oxygen atoms in total. The molecule has 0 radical (unpaired) electrons. The van der Waals surface area contributed by atoms with Crippen LogP contribution in [0.4, 0.5) is 13.2 Å². The molecule has 0 spiro atoms. The average Bonchev–Trinajstić information content (AvgIpc) is 3.43. The van der Waals surface area contributed by atoms with Gasteiger partial charge in [-0.1, -0.05) is 30.3 Å². The Morgan fingerprint density at radius 1 is 1.07 bits per heavy atom. The van der Waals surface area contributed by atoms with Gasteiger partial charge in [0.05, 0.1) is 35.8 Å². The third-order valence-corrected chi connectivity index (χ3v) is 8.51. The van der Waals surface area contributed by atoms with E-state index in [0.29, 0.717) is 48.8 Å². The summed E-state index contributed by atoms with van der Waals surface area (Å²) >= 11 is 0. The predicted octanol–water partition coefficient (Wildman–Crippen LogP) is 7.39. The van der Waals surface area contributed by atoms with E-state index in [1.807, 2.05) is 24.3 Å². The highest BCUT2D eigenvalue weighted by Gasteiger charge is 2.32. The smallest absolute Gasteiger partial charge is 0.408 e. The molecule has 3 heterocycles. The molecule has 222 valence electrons. The van der Waals surface area contributed by atoms with Crippen molar-refractivity contribution in [2.75, 3.05) is 13.2 Å². The highest BCUT2D eigenvalue weighted by atomic mass is 19.4. The molecule has 0 unspecified atom stereocenters. The zero-order chi connectivity index (χ0) is 29.3. The summed E-state index contributed by atoms with van der Waals surface area (Å²) in [5.41, 5.74) is 7.47. The molecule has 2 aliphatic rings. The number of nitrogens with zero attached hydrogens (tertiary/aromatic N) is 3. The van der Waals surface area contributed by atoms with Crippen LogP contribution >= 0.6 is 0 Å². The van der Waals surface area contributed by atoms with Gasteiger partial charge in [0.1, 0.15) is 12.3 Å². The Labute approximate surface area is 243 Å². The Balaban J connectivity index is 1.37. The summed E-state index contributed by atoms with van der Waals surface area (Å²) < 4.78 is 55.6. The van der Waals surface area contributed by atoms with Crippen molar-refractivity contribution in [3.63, 3.8) is 0 Å². The number of para-hydroxylation sites is 1. The number of aromatic nitrogens is 3. The third kappa shape index (κ3) is 5.59. The van der Waals surface area contributed by atoms with Gasteiger partial charge in [-0.25, -0.2) is 0 Å². The second-order valence-corrected chi connectivity index (χ2v) is 11.3. The molecule has 0 atom stereocenters. The Hall–Kier alpha value is -3.59. The summed E-state index contributed by atoms with van der Waals surface area (Å²) in [6.45, 7) is 2.16. The Bertz CT molecular complexity index is 1600. The molecule has 2 aromatic heterocycles. The van der Waals surface area contributed by atoms with Crippen LogP contribution in [-0.4, -0.2) is 40.0 Å². The van der Waals surface area contributed by atoms with Crippen LogP contribution < -0.4 is 4.74 Å². The zero-order valence-electron chi connectivity index (χ0n) is 23.9. The van der Waals surface area contributed by atoms with Crippen LogP contribution in [0.5, 0.6) is 5.75 Å². The number of hydrogen-bond donors (Lipinski definition) is 0. The van der Waals surface area contributed by atoms with Crippen molar-refractivity contribution in [2.45, 2.75) is 84.2 Å². The van der Waals surface area contributed by atoms with Crippen molar-refractivity contribution >= 4 is 17.2 Å². The molecule has 9 heteroatoms. The molecule has 1 aliphatic carbocycles. The second kappa shape index (κ2) is 12.0. The largest absolute Gasteiger partial charge is 0.493 e. The van der Waals surface area contributed by atoms with E-state index in [2.05, 4.69) is 21.8 Å². The summed E-state index contributed by atoms with van der Waals surface area (Å²) in [5.74, 6) is 0.961. The lowest BCUT2D eigenvalue weighted by Crippen LogP contribution is -2.21. The van der Waals surface area contributed by atoms with E-state index in [1.54, 1.807) is 6.92 Å². The highest BCUT2D eigenvalue weighted by Crippen LogP contribution is 2.39. The molecular weight excluding hydrogens is 543 g/mol. The molecule has 6 rings (SSSR count). The van der Waals surface area contributed by atoms with Crippen LogP contribution in [0.15, 0.2) is 36.4 Å². The average molecular weight is 580 g/mol. The van der Waals surface area contributed by atoms with Gasteiger partial charge < -0.3 is 14.0 Å². The van der Waals surface area contributed by atoms with Crippen LogP contribution in [0, 0.1) is 6.92 Å². The maximum atomic E-state index is 13.5. The first-order valence-corrected chi connectivity index (χ1v) is 14.9. The van der Waals surface area contributed by atoms with Gasteiger partial charge in [0.15, 0.2) is 6.29 Å². The van der Waals surface area contributed by atoms with Gasteiger partial charge in [0, 0.05) is 29.7 Å². The summed E-state index contributed by atoms with van der Waals surface area (Å²) in [6.07, 6.45) is 3.94. The number of halogens is 3. The fourth-order valence-electron chi connectivity index (χ4n) is 6.71. The van der Waals surface area contributed by atoms with Gasteiger partial charge in [-0.3, -0.25) is 9.48 Å². The summed E-state index contributed by atoms with van der Waals surface area (Å²) in [4.78, 5) is 12.6. The lowest BCUT2D eigenvalue weighted by atomic mass is 9.91. The van der Waals surface area contributed by atoms with E-state index in [1.165, 1.54) is 24.0 Å². The topological polar surface area (TPSA) is 58.3 Å². The van der Waals surface area contributed by atoms with Crippen molar-refractivity contribution < 1.29 is 27.4 Å². The molecule has 0 amide bonds. The number of benzene rings is 2. The third-order valence-electron chi connectivity index (χ3n) is 8.51. The predicted molar refractivity (Wildman–Crippen MR) is 155 cm³/mol. The number of aldehydes is 1. The minimum atomic E-state index is -4.41. The lowest BCUT2D eigenvalue weighted by Gasteiger charge is -2.19. The summed E-state index contributed by atoms with van der Waals surface area (Å²) in [7, 11) is 0. The van der Waals surface area contributed by atoms with E-state index in [9.17, 15) is 18.0 Å². The Morgan fingerprint density at radius 2 is 1.90 bits per heavy atom. The van der Waals surface area contributed by atoms with Gasteiger partial charge >= 0.3 is 6.18 Å². The van der Waals surface area contributed by atoms with E-state index in [4.69, 9.17) is 9.47 Å². The maximum absolute atomic E-state index is 13.5. The van der Waals surface area contributed by atoms with Gasteiger partial charge in [0.2, 0.25) is 0 Å². The van der Waals surface area contributed by atoms with Gasteiger partial charge in [0.25, 0.3) is 0 Å². The molecule has 2 aromatic carbocycles. The Kier molecular flexibility index (Phi) is 8.12. The number of aryl methyl sites for hydroxylation is 4. The van der Waals surface area contributed by atoms with E-state index >= 15 is 0 Å². The minimum absolute atomic E-state index is 0.0390. The lowest BCUT2D eigenvalue weighted by molar-refractivity contribution is -0.143. The SMILES string of the molecule is Cc1nn(CC(F)(F)F)c2c1-c1cccc3c(CCCOc4cccc5c4CCCC5)c(C=O)n(c13)CCCCOC2. The van der Waals surface area contributed by atoms with Gasteiger partial charge in [-0.15, -0.1) is 0 Å². The van der Waals surface area contributed by atoms with E-state index in [0.717, 1.165) is 70.9 Å². The number of alkyl halides is 3. The maximum Gasteiger partial charge on any atom is 0.408 e. The fourth-order valence-corrected chi connectivity index (χ4v) is 6.71. The monoisotopic (exact) mass is 579 g/mol. The van der Waals surface area contributed by atoms with Crippen molar-refractivity contribution in [3.05, 3.63) is 70.2 Å². The molecule has 0 N–H and O–H groups in total. The van der Waals surface area contributed by atoms with Crippen molar-refractivity contribution in [2.24, 2.45) is 0 Å². The second-order valence-electron chi connectivity index (χ2n) is 11.3. The van der Waals surface area contributed by atoms with Crippen molar-refractivity contribution in [1.82, 2.24) is 14.3 Å². The normalized spacial score (nSPS) is 15.6. The molecule has 0 bridgehead atoms. The number of rotatable bonds is 7. The zero-order valence-corrected chi connectivity index (χ0v) is 23.9. The molecule has 0 saturated carbocycles.